The molecule has 82 valence electrons. The maximum atomic E-state index is 11.2. The Hall–Kier alpha value is -0.730. The molecule has 0 bridgehead atoms. The van der Waals surface area contributed by atoms with E-state index in [4.69, 9.17) is 0 Å². The summed E-state index contributed by atoms with van der Waals surface area (Å²) in [6, 6.07) is -0.00838. The Bertz CT molecular complexity index is 182. The van der Waals surface area contributed by atoms with Gasteiger partial charge in [-0.3, -0.25) is 0 Å². The smallest absolute Gasteiger partial charge is 0.314 e. The fraction of sp³-hybridized carbons (Fsp3) is 0.909. The number of rotatable bonds is 4. The van der Waals surface area contributed by atoms with Gasteiger partial charge in [0.05, 0.1) is 0 Å². The van der Waals surface area contributed by atoms with Gasteiger partial charge in [-0.15, -0.1) is 0 Å². The fourth-order valence-electron chi connectivity index (χ4n) is 2.05. The van der Waals surface area contributed by atoms with Crippen LogP contribution in [0.2, 0.25) is 0 Å². The molecule has 0 saturated heterocycles. The lowest BCUT2D eigenvalue weighted by molar-refractivity contribution is 0.237. The second-order valence-corrected chi connectivity index (χ2v) is 4.31. The zero-order chi connectivity index (χ0) is 10.4. The second kappa shape index (κ2) is 5.89. The van der Waals surface area contributed by atoms with Crippen LogP contribution >= 0.6 is 0 Å². The third-order valence-corrected chi connectivity index (χ3v) is 3.10. The monoisotopic (exact) mass is 198 g/mol. The Balaban J connectivity index is 2.10. The maximum absolute atomic E-state index is 11.2. The van der Waals surface area contributed by atoms with Gasteiger partial charge in [0, 0.05) is 13.1 Å². The zero-order valence-electron chi connectivity index (χ0n) is 9.31. The lowest BCUT2D eigenvalue weighted by Gasteiger charge is -2.16. The Morgan fingerprint density at radius 3 is 2.71 bits per heavy atom. The molecule has 1 rings (SSSR count). The van der Waals surface area contributed by atoms with E-state index < -0.39 is 0 Å². The molecule has 1 saturated carbocycles. The van der Waals surface area contributed by atoms with E-state index in [1.165, 1.54) is 19.3 Å². The molecular weight excluding hydrogens is 176 g/mol. The van der Waals surface area contributed by atoms with Crippen molar-refractivity contribution >= 4 is 6.03 Å². The number of carbonyl (C=O) groups is 1. The first-order valence-corrected chi connectivity index (χ1v) is 5.75. The topological polar surface area (TPSA) is 41.1 Å². The summed E-state index contributed by atoms with van der Waals surface area (Å²) in [5.41, 5.74) is 0. The summed E-state index contributed by atoms with van der Waals surface area (Å²) in [6.07, 6.45) is 4.91. The first kappa shape index (κ1) is 11.3. The summed E-state index contributed by atoms with van der Waals surface area (Å²) in [7, 11) is 0. The predicted octanol–water partition coefficient (Wildman–Crippen LogP) is 2.13. The fourth-order valence-corrected chi connectivity index (χ4v) is 2.05. The highest BCUT2D eigenvalue weighted by Crippen LogP contribution is 2.30. The molecule has 0 radical (unpaired) electrons. The highest BCUT2D eigenvalue weighted by Gasteiger charge is 2.23. The minimum absolute atomic E-state index is 0.00838. The van der Waals surface area contributed by atoms with E-state index in [9.17, 15) is 4.79 Å². The van der Waals surface area contributed by atoms with Gasteiger partial charge < -0.3 is 10.6 Å². The molecule has 2 N–H and O–H groups in total. The molecule has 0 aromatic rings. The lowest BCUT2D eigenvalue weighted by atomic mass is 9.98. The summed E-state index contributed by atoms with van der Waals surface area (Å²) in [4.78, 5) is 11.2. The van der Waals surface area contributed by atoms with E-state index in [1.54, 1.807) is 0 Å². The molecule has 3 nitrogen and oxygen atoms in total. The van der Waals surface area contributed by atoms with Crippen molar-refractivity contribution in [1.82, 2.24) is 10.6 Å². The van der Waals surface area contributed by atoms with E-state index in [2.05, 4.69) is 24.5 Å². The molecule has 1 aliphatic carbocycles. The van der Waals surface area contributed by atoms with Crippen molar-refractivity contribution in [3.63, 3.8) is 0 Å². The summed E-state index contributed by atoms with van der Waals surface area (Å²) < 4.78 is 0. The quantitative estimate of drug-likeness (QED) is 0.714. The molecule has 2 unspecified atom stereocenters. The molecule has 1 fully saturated rings. The predicted molar refractivity (Wildman–Crippen MR) is 58.2 cm³/mol. The van der Waals surface area contributed by atoms with Gasteiger partial charge in [-0.05, 0) is 24.7 Å². The van der Waals surface area contributed by atoms with Gasteiger partial charge >= 0.3 is 6.03 Å². The number of carbonyl (C=O) groups excluding carboxylic acids is 1. The van der Waals surface area contributed by atoms with Gasteiger partial charge in [-0.25, -0.2) is 4.79 Å². The largest absolute Gasteiger partial charge is 0.338 e. The highest BCUT2D eigenvalue weighted by atomic mass is 16.2. The molecule has 14 heavy (non-hydrogen) atoms. The molecule has 0 aromatic carbocycles. The summed E-state index contributed by atoms with van der Waals surface area (Å²) in [5.74, 6) is 1.48. The number of nitrogens with one attached hydrogen (secondary N) is 2. The van der Waals surface area contributed by atoms with Gasteiger partial charge in [0.1, 0.15) is 0 Å². The van der Waals surface area contributed by atoms with Crippen LogP contribution in [-0.2, 0) is 0 Å². The average molecular weight is 198 g/mol. The molecule has 0 spiro atoms. The lowest BCUT2D eigenvalue weighted by Crippen LogP contribution is -2.38. The average Bonchev–Trinajstić information content (AvgIpc) is 2.58. The van der Waals surface area contributed by atoms with Crippen LogP contribution in [0.15, 0.2) is 0 Å². The Kier molecular flexibility index (Phi) is 4.77. The Morgan fingerprint density at radius 1 is 1.36 bits per heavy atom. The van der Waals surface area contributed by atoms with E-state index in [0.29, 0.717) is 5.92 Å². The maximum Gasteiger partial charge on any atom is 0.314 e. The molecule has 0 aromatic heterocycles. The minimum atomic E-state index is -0.00838. The van der Waals surface area contributed by atoms with Crippen LogP contribution in [0.1, 0.15) is 39.5 Å². The van der Waals surface area contributed by atoms with Gasteiger partial charge in [-0.2, -0.15) is 0 Å². The van der Waals surface area contributed by atoms with Crippen molar-refractivity contribution in [2.75, 3.05) is 13.1 Å². The highest BCUT2D eigenvalue weighted by molar-refractivity contribution is 5.73. The number of urea groups is 1. The molecule has 2 atom stereocenters. The van der Waals surface area contributed by atoms with E-state index >= 15 is 0 Å². The van der Waals surface area contributed by atoms with Gasteiger partial charge in [0.25, 0.3) is 0 Å². The van der Waals surface area contributed by atoms with Crippen LogP contribution in [0.4, 0.5) is 4.79 Å². The summed E-state index contributed by atoms with van der Waals surface area (Å²) in [6.45, 7) is 5.95. The van der Waals surface area contributed by atoms with Gasteiger partial charge in [0.15, 0.2) is 0 Å². The van der Waals surface area contributed by atoms with Crippen molar-refractivity contribution in [1.29, 1.82) is 0 Å². The van der Waals surface area contributed by atoms with E-state index in [0.717, 1.165) is 25.4 Å². The van der Waals surface area contributed by atoms with Crippen molar-refractivity contribution in [3.05, 3.63) is 0 Å². The SMILES string of the molecule is CCCNC(=O)NCC1CCCC1C. The molecule has 2 amide bonds. The third kappa shape index (κ3) is 3.56. The van der Waals surface area contributed by atoms with Crippen LogP contribution in [0.5, 0.6) is 0 Å². The number of hydrogen-bond donors (Lipinski definition) is 2. The van der Waals surface area contributed by atoms with E-state index in [-0.39, 0.29) is 6.03 Å². The second-order valence-electron chi connectivity index (χ2n) is 4.31. The van der Waals surface area contributed by atoms with Crippen LogP contribution in [0, 0.1) is 11.8 Å². The first-order chi connectivity index (χ1) is 6.74. The third-order valence-electron chi connectivity index (χ3n) is 3.10. The van der Waals surface area contributed by atoms with Crippen molar-refractivity contribution < 1.29 is 4.79 Å². The van der Waals surface area contributed by atoms with Crippen LogP contribution in [-0.4, -0.2) is 19.1 Å². The van der Waals surface area contributed by atoms with Crippen molar-refractivity contribution in [2.24, 2.45) is 11.8 Å². The molecule has 3 heteroatoms. The minimum Gasteiger partial charge on any atom is -0.338 e. The normalized spacial score (nSPS) is 26.1. The molecule has 1 aliphatic rings. The Morgan fingerprint density at radius 2 is 2.14 bits per heavy atom. The molecule has 0 aliphatic heterocycles. The first-order valence-electron chi connectivity index (χ1n) is 5.75. The molecular formula is C11H22N2O. The summed E-state index contributed by atoms with van der Waals surface area (Å²) >= 11 is 0. The number of hydrogen-bond acceptors (Lipinski definition) is 1. The van der Waals surface area contributed by atoms with Crippen LogP contribution in [0.25, 0.3) is 0 Å². The summed E-state index contributed by atoms with van der Waals surface area (Å²) in [5, 5.41) is 5.76. The standard InChI is InChI=1S/C11H22N2O/c1-3-7-12-11(14)13-8-10-6-4-5-9(10)2/h9-10H,3-8H2,1-2H3,(H2,12,13,14). The van der Waals surface area contributed by atoms with Gasteiger partial charge in [-0.1, -0.05) is 26.7 Å². The zero-order valence-corrected chi connectivity index (χ0v) is 9.31. The van der Waals surface area contributed by atoms with Crippen LogP contribution in [0.3, 0.4) is 0 Å². The van der Waals surface area contributed by atoms with Crippen molar-refractivity contribution in [3.8, 4) is 0 Å². The Labute approximate surface area is 86.6 Å². The number of amides is 2. The van der Waals surface area contributed by atoms with Crippen LogP contribution < -0.4 is 10.6 Å². The van der Waals surface area contributed by atoms with E-state index in [1.807, 2.05) is 0 Å². The molecule has 0 heterocycles. The van der Waals surface area contributed by atoms with Gasteiger partial charge in [0.2, 0.25) is 0 Å². The van der Waals surface area contributed by atoms with Crippen molar-refractivity contribution in [2.45, 2.75) is 39.5 Å².